The number of ether oxygens (including phenoxy) is 1. The van der Waals surface area contributed by atoms with Crippen molar-refractivity contribution in [1.29, 1.82) is 0 Å². The van der Waals surface area contributed by atoms with Crippen molar-refractivity contribution in [2.45, 2.75) is 23.6 Å². The molecule has 3 rings (SSSR count). The topological polar surface area (TPSA) is 84.0 Å². The highest BCUT2D eigenvalue weighted by Gasteiger charge is 2.43. The van der Waals surface area contributed by atoms with Gasteiger partial charge in [-0.3, -0.25) is 4.79 Å². The number of sulfonamides is 1. The van der Waals surface area contributed by atoms with Crippen LogP contribution in [0.25, 0.3) is 0 Å². The third kappa shape index (κ3) is 2.45. The molecule has 7 nitrogen and oxygen atoms in total. The van der Waals surface area contributed by atoms with Gasteiger partial charge in [0.05, 0.1) is 6.04 Å². The lowest BCUT2D eigenvalue weighted by Crippen LogP contribution is -2.41. The van der Waals surface area contributed by atoms with E-state index in [2.05, 4.69) is 4.74 Å². The summed E-state index contributed by atoms with van der Waals surface area (Å²) in [4.78, 5) is 25.1. The van der Waals surface area contributed by atoms with Gasteiger partial charge in [0.25, 0.3) is 15.9 Å². The largest absolute Gasteiger partial charge is 0.439 e. The molecule has 0 aliphatic carbocycles. The Bertz CT molecular complexity index is 680. The first-order valence-electron chi connectivity index (χ1n) is 6.45. The van der Waals surface area contributed by atoms with Crippen molar-refractivity contribution < 1.29 is 22.7 Å². The zero-order chi connectivity index (χ0) is 15.2. The normalized spacial score (nSPS) is 23.9. The van der Waals surface area contributed by atoms with Gasteiger partial charge in [-0.2, -0.15) is 4.31 Å². The number of thiophene rings is 1. The van der Waals surface area contributed by atoms with Gasteiger partial charge in [0.2, 0.25) is 0 Å². The Labute approximate surface area is 126 Å². The molecule has 2 saturated heterocycles. The standard InChI is InChI=1S/C12H14N2O5S2/c1-8-2-3-11(20-8)21(17,18)13-5-4-9(6-13)14-10(15)7-19-12(14)16/h2-3,9H,4-7H2,1H3. The van der Waals surface area contributed by atoms with Gasteiger partial charge >= 0.3 is 6.09 Å². The molecule has 9 heteroatoms. The second-order valence-electron chi connectivity index (χ2n) is 4.99. The molecule has 1 unspecified atom stereocenters. The minimum Gasteiger partial charge on any atom is -0.439 e. The summed E-state index contributed by atoms with van der Waals surface area (Å²) in [7, 11) is -3.55. The van der Waals surface area contributed by atoms with Crippen molar-refractivity contribution >= 4 is 33.4 Å². The van der Waals surface area contributed by atoms with E-state index < -0.39 is 28.1 Å². The minimum atomic E-state index is -3.55. The molecule has 0 saturated carbocycles. The average molecular weight is 330 g/mol. The number of nitrogens with zero attached hydrogens (tertiary/aromatic N) is 2. The summed E-state index contributed by atoms with van der Waals surface area (Å²) < 4.78 is 31.3. The molecule has 0 aromatic carbocycles. The second kappa shape index (κ2) is 5.08. The fraction of sp³-hybridized carbons (Fsp3) is 0.500. The summed E-state index contributed by atoms with van der Waals surface area (Å²) in [6.07, 6.45) is -0.249. The molecule has 0 N–H and O–H groups in total. The molecule has 1 aromatic heterocycles. The molecule has 2 aliphatic heterocycles. The van der Waals surface area contributed by atoms with E-state index in [1.807, 2.05) is 6.92 Å². The zero-order valence-electron chi connectivity index (χ0n) is 11.3. The molecular weight excluding hydrogens is 316 g/mol. The lowest BCUT2D eigenvalue weighted by atomic mass is 10.2. The molecule has 0 radical (unpaired) electrons. The van der Waals surface area contributed by atoms with Gasteiger partial charge < -0.3 is 4.74 Å². The minimum absolute atomic E-state index is 0.125. The molecule has 114 valence electrons. The van der Waals surface area contributed by atoms with Crippen molar-refractivity contribution in [2.75, 3.05) is 19.7 Å². The van der Waals surface area contributed by atoms with Crippen LogP contribution >= 0.6 is 11.3 Å². The smallest absolute Gasteiger partial charge is 0.417 e. The van der Waals surface area contributed by atoms with Gasteiger partial charge in [0, 0.05) is 18.0 Å². The Morgan fingerprint density at radius 1 is 1.33 bits per heavy atom. The van der Waals surface area contributed by atoms with Gasteiger partial charge in [0.1, 0.15) is 4.21 Å². The number of aryl methyl sites for hydroxylation is 1. The van der Waals surface area contributed by atoms with E-state index in [9.17, 15) is 18.0 Å². The maximum absolute atomic E-state index is 12.5. The summed E-state index contributed by atoms with van der Waals surface area (Å²) in [5.74, 6) is -0.406. The number of hydrogen-bond donors (Lipinski definition) is 0. The van der Waals surface area contributed by atoms with Crippen LogP contribution in [0.2, 0.25) is 0 Å². The first-order chi connectivity index (χ1) is 9.89. The van der Waals surface area contributed by atoms with Gasteiger partial charge in [-0.05, 0) is 25.5 Å². The molecule has 0 spiro atoms. The van der Waals surface area contributed by atoms with E-state index in [0.29, 0.717) is 13.0 Å². The average Bonchev–Trinajstić information content (AvgIpc) is 3.11. The van der Waals surface area contributed by atoms with Crippen LogP contribution in [0.15, 0.2) is 16.3 Å². The first kappa shape index (κ1) is 14.5. The summed E-state index contributed by atoms with van der Waals surface area (Å²) in [5, 5.41) is 0. The number of imide groups is 1. The number of hydrogen-bond acceptors (Lipinski definition) is 6. The Morgan fingerprint density at radius 2 is 2.10 bits per heavy atom. The van der Waals surface area contributed by atoms with Gasteiger partial charge in [-0.25, -0.2) is 18.1 Å². The molecule has 21 heavy (non-hydrogen) atoms. The maximum atomic E-state index is 12.5. The second-order valence-corrected chi connectivity index (χ2v) is 8.44. The molecule has 1 aromatic rings. The number of carbonyl (C=O) groups is 2. The van der Waals surface area contributed by atoms with Crippen LogP contribution in [-0.2, 0) is 19.6 Å². The van der Waals surface area contributed by atoms with Gasteiger partial charge in [-0.15, -0.1) is 11.3 Å². The molecular formula is C12H14N2O5S2. The number of amides is 2. The van der Waals surface area contributed by atoms with E-state index in [4.69, 9.17) is 0 Å². The van der Waals surface area contributed by atoms with E-state index in [1.54, 1.807) is 12.1 Å². The predicted octanol–water partition coefficient (Wildman–Crippen LogP) is 0.798. The number of cyclic esters (lactones) is 1. The molecule has 2 aliphatic rings. The van der Waals surface area contributed by atoms with Crippen LogP contribution in [-0.4, -0.2) is 55.4 Å². The monoisotopic (exact) mass is 330 g/mol. The van der Waals surface area contributed by atoms with Crippen LogP contribution in [0.4, 0.5) is 4.79 Å². The zero-order valence-corrected chi connectivity index (χ0v) is 12.9. The Kier molecular flexibility index (Phi) is 3.50. The number of rotatable bonds is 3. The predicted molar refractivity (Wildman–Crippen MR) is 74.4 cm³/mol. The van der Waals surface area contributed by atoms with Crippen LogP contribution in [0, 0.1) is 6.92 Å². The number of carbonyl (C=O) groups excluding carboxylic acids is 2. The first-order valence-corrected chi connectivity index (χ1v) is 8.70. The van der Waals surface area contributed by atoms with Crippen LogP contribution in [0.3, 0.4) is 0 Å². The molecule has 1 atom stereocenters. The lowest BCUT2D eigenvalue weighted by Gasteiger charge is -2.20. The summed E-state index contributed by atoms with van der Waals surface area (Å²) in [6.45, 7) is 2.00. The van der Waals surface area contributed by atoms with E-state index >= 15 is 0 Å². The highest BCUT2D eigenvalue weighted by Crippen LogP contribution is 2.29. The van der Waals surface area contributed by atoms with Crippen molar-refractivity contribution in [3.8, 4) is 0 Å². The van der Waals surface area contributed by atoms with Crippen LogP contribution in [0.1, 0.15) is 11.3 Å². The SMILES string of the molecule is Cc1ccc(S(=O)(=O)N2CCC(N3C(=O)COC3=O)C2)s1. The molecule has 3 heterocycles. The Hall–Kier alpha value is -1.45. The van der Waals surface area contributed by atoms with Crippen molar-refractivity contribution in [1.82, 2.24) is 9.21 Å². The maximum Gasteiger partial charge on any atom is 0.417 e. The Balaban J connectivity index is 1.78. The summed E-state index contributed by atoms with van der Waals surface area (Å²) in [6, 6.07) is 2.90. The third-order valence-electron chi connectivity index (χ3n) is 3.59. The fourth-order valence-electron chi connectivity index (χ4n) is 2.53. The van der Waals surface area contributed by atoms with Crippen LogP contribution < -0.4 is 0 Å². The Morgan fingerprint density at radius 3 is 2.67 bits per heavy atom. The van der Waals surface area contributed by atoms with Crippen molar-refractivity contribution in [3.05, 3.63) is 17.0 Å². The summed E-state index contributed by atoms with van der Waals surface area (Å²) in [5.41, 5.74) is 0. The molecule has 2 fully saturated rings. The third-order valence-corrected chi connectivity index (χ3v) is 6.92. The molecule has 0 bridgehead atoms. The van der Waals surface area contributed by atoms with Crippen LogP contribution in [0.5, 0.6) is 0 Å². The van der Waals surface area contributed by atoms with E-state index in [1.165, 1.54) is 15.6 Å². The van der Waals surface area contributed by atoms with Crippen molar-refractivity contribution in [2.24, 2.45) is 0 Å². The fourth-order valence-corrected chi connectivity index (χ4v) is 5.46. The van der Waals surface area contributed by atoms with E-state index in [-0.39, 0.29) is 17.4 Å². The van der Waals surface area contributed by atoms with Crippen molar-refractivity contribution in [3.63, 3.8) is 0 Å². The summed E-state index contributed by atoms with van der Waals surface area (Å²) >= 11 is 1.21. The highest BCUT2D eigenvalue weighted by atomic mass is 32.2. The van der Waals surface area contributed by atoms with Gasteiger partial charge in [0.15, 0.2) is 6.61 Å². The lowest BCUT2D eigenvalue weighted by molar-refractivity contribution is -0.127. The quantitative estimate of drug-likeness (QED) is 0.818. The van der Waals surface area contributed by atoms with E-state index in [0.717, 1.165) is 9.78 Å². The highest BCUT2D eigenvalue weighted by molar-refractivity contribution is 7.91. The molecule has 2 amide bonds. The van der Waals surface area contributed by atoms with Gasteiger partial charge in [-0.1, -0.05) is 0 Å².